The van der Waals surface area contributed by atoms with Gasteiger partial charge in [-0.1, -0.05) is 39.5 Å². The number of aliphatic imine (C=N–C) groups is 1. The summed E-state index contributed by atoms with van der Waals surface area (Å²) in [6.07, 6.45) is 6.61. The van der Waals surface area contributed by atoms with E-state index in [2.05, 4.69) is 33.0 Å². The predicted molar refractivity (Wildman–Crippen MR) is 82.3 cm³/mol. The molecule has 0 aromatic carbocycles. The van der Waals surface area contributed by atoms with Gasteiger partial charge in [0.15, 0.2) is 5.17 Å². The molecule has 2 fully saturated rings. The summed E-state index contributed by atoms with van der Waals surface area (Å²) in [7, 11) is 0. The van der Waals surface area contributed by atoms with Gasteiger partial charge in [0.1, 0.15) is 0 Å². The van der Waals surface area contributed by atoms with Crippen LogP contribution >= 0.6 is 11.8 Å². The van der Waals surface area contributed by atoms with Gasteiger partial charge in [-0.25, -0.2) is 0 Å². The minimum Gasteiger partial charge on any atom is -0.359 e. The summed E-state index contributed by atoms with van der Waals surface area (Å²) in [5, 5.41) is 4.94. The number of nitrogens with zero attached hydrogens (tertiary/aromatic N) is 1. The zero-order valence-electron chi connectivity index (χ0n) is 12.4. The maximum atomic E-state index is 4.80. The maximum Gasteiger partial charge on any atom is 0.157 e. The molecule has 0 radical (unpaired) electrons. The van der Waals surface area contributed by atoms with Crippen LogP contribution in [0.3, 0.4) is 0 Å². The van der Waals surface area contributed by atoms with Crippen molar-refractivity contribution in [3.63, 3.8) is 0 Å². The Bertz CT molecular complexity index is 314. The summed E-state index contributed by atoms with van der Waals surface area (Å²) in [5.41, 5.74) is 0.721. The highest BCUT2D eigenvalue weighted by Crippen LogP contribution is 2.38. The van der Waals surface area contributed by atoms with Crippen molar-refractivity contribution in [3.8, 4) is 0 Å². The van der Waals surface area contributed by atoms with Crippen LogP contribution in [0, 0.1) is 11.3 Å². The third-order valence-corrected chi connectivity index (χ3v) is 5.90. The number of thioether (sulfide) groups is 1. The lowest BCUT2D eigenvalue weighted by molar-refractivity contribution is 0.250. The van der Waals surface area contributed by atoms with Gasteiger partial charge in [0, 0.05) is 17.8 Å². The summed E-state index contributed by atoms with van der Waals surface area (Å²) in [6, 6.07) is 0. The third-order valence-electron chi connectivity index (χ3n) is 4.70. The van der Waals surface area contributed by atoms with Crippen molar-refractivity contribution in [1.82, 2.24) is 5.32 Å². The molecule has 0 bridgehead atoms. The van der Waals surface area contributed by atoms with Crippen LogP contribution < -0.4 is 5.32 Å². The average molecular weight is 268 g/mol. The number of hydrogen-bond acceptors (Lipinski definition) is 2. The predicted octanol–water partition coefficient (Wildman–Crippen LogP) is 4.06. The van der Waals surface area contributed by atoms with Crippen LogP contribution in [0.2, 0.25) is 0 Å². The van der Waals surface area contributed by atoms with Crippen molar-refractivity contribution in [2.45, 2.75) is 65.3 Å². The van der Waals surface area contributed by atoms with Crippen molar-refractivity contribution in [2.24, 2.45) is 16.3 Å². The van der Waals surface area contributed by atoms with E-state index in [-0.39, 0.29) is 0 Å². The van der Waals surface area contributed by atoms with E-state index in [1.54, 1.807) is 0 Å². The van der Waals surface area contributed by atoms with Crippen LogP contribution in [0.15, 0.2) is 4.99 Å². The van der Waals surface area contributed by atoms with Gasteiger partial charge in [0.2, 0.25) is 0 Å². The average Bonchev–Trinajstić information content (AvgIpc) is 2.75. The quantitative estimate of drug-likeness (QED) is 0.834. The van der Waals surface area contributed by atoms with Crippen LogP contribution in [0.4, 0.5) is 0 Å². The molecule has 1 aliphatic heterocycles. The first-order valence-electron chi connectivity index (χ1n) is 7.40. The molecule has 1 spiro atoms. The van der Waals surface area contributed by atoms with Gasteiger partial charge in [-0.15, -0.1) is 0 Å². The fraction of sp³-hybridized carbons (Fsp3) is 0.933. The zero-order chi connectivity index (χ0) is 13.2. The van der Waals surface area contributed by atoms with E-state index in [9.17, 15) is 0 Å². The van der Waals surface area contributed by atoms with E-state index in [4.69, 9.17) is 4.99 Å². The molecular formula is C15H28N2S. The number of amidine groups is 1. The summed E-state index contributed by atoms with van der Waals surface area (Å²) < 4.78 is 0. The van der Waals surface area contributed by atoms with Crippen molar-refractivity contribution in [1.29, 1.82) is 0 Å². The van der Waals surface area contributed by atoms with Crippen molar-refractivity contribution >= 4 is 16.9 Å². The Kier molecular flexibility index (Phi) is 4.30. The standard InChI is InChI=1S/C15H28N2S/c1-5-14(3,4)10-16-13-17-15(11-18-13)8-6-12(2)7-9-15/h12H,5-11H2,1-4H3,(H,16,17). The molecule has 0 aromatic heterocycles. The van der Waals surface area contributed by atoms with E-state index < -0.39 is 0 Å². The highest BCUT2D eigenvalue weighted by atomic mass is 32.2. The molecule has 18 heavy (non-hydrogen) atoms. The van der Waals surface area contributed by atoms with Gasteiger partial charge in [-0.05, 0) is 43.4 Å². The second-order valence-corrected chi connectivity index (χ2v) is 7.98. The molecule has 3 heteroatoms. The van der Waals surface area contributed by atoms with Gasteiger partial charge in [-0.3, -0.25) is 4.99 Å². The van der Waals surface area contributed by atoms with Gasteiger partial charge >= 0.3 is 0 Å². The minimum absolute atomic E-state index is 0.339. The lowest BCUT2D eigenvalue weighted by atomic mass is 9.78. The largest absolute Gasteiger partial charge is 0.359 e. The fourth-order valence-electron chi connectivity index (χ4n) is 2.57. The molecule has 1 saturated carbocycles. The van der Waals surface area contributed by atoms with E-state index in [1.807, 2.05) is 11.8 Å². The molecule has 2 aliphatic rings. The van der Waals surface area contributed by atoms with Crippen LogP contribution in [0.25, 0.3) is 0 Å². The van der Waals surface area contributed by atoms with Crippen molar-refractivity contribution in [2.75, 3.05) is 12.3 Å². The Morgan fingerprint density at radius 3 is 2.67 bits per heavy atom. The number of hydrogen-bond donors (Lipinski definition) is 1. The summed E-state index contributed by atoms with van der Waals surface area (Å²) in [5.74, 6) is 2.15. The number of rotatable bonds is 3. The maximum absolute atomic E-state index is 4.80. The van der Waals surface area contributed by atoms with Gasteiger partial charge in [0.05, 0.1) is 0 Å². The molecule has 2 rings (SSSR count). The molecule has 1 aliphatic carbocycles. The Labute approximate surface area is 116 Å². The Morgan fingerprint density at radius 1 is 1.39 bits per heavy atom. The smallest absolute Gasteiger partial charge is 0.157 e. The molecule has 0 aromatic rings. The first-order chi connectivity index (χ1) is 8.45. The number of nitrogens with one attached hydrogen (secondary N) is 1. The Balaban J connectivity index is 1.90. The topological polar surface area (TPSA) is 24.4 Å². The first-order valence-corrected chi connectivity index (χ1v) is 8.39. The Morgan fingerprint density at radius 2 is 2.06 bits per heavy atom. The molecule has 1 N–H and O–H groups in total. The first kappa shape index (κ1) is 14.2. The van der Waals surface area contributed by atoms with Gasteiger partial charge < -0.3 is 5.32 Å². The van der Waals surface area contributed by atoms with E-state index >= 15 is 0 Å². The monoisotopic (exact) mass is 268 g/mol. The highest BCUT2D eigenvalue weighted by Gasteiger charge is 2.39. The van der Waals surface area contributed by atoms with Gasteiger partial charge in [-0.2, -0.15) is 0 Å². The molecule has 0 atom stereocenters. The third kappa shape index (κ3) is 3.43. The van der Waals surface area contributed by atoms with Crippen LogP contribution in [0.1, 0.15) is 59.8 Å². The molecular weight excluding hydrogens is 240 g/mol. The summed E-state index contributed by atoms with van der Waals surface area (Å²) in [4.78, 5) is 4.80. The fourth-order valence-corrected chi connectivity index (χ4v) is 3.79. The zero-order valence-corrected chi connectivity index (χ0v) is 13.2. The molecule has 1 heterocycles. The normalized spacial score (nSPS) is 35.1. The summed E-state index contributed by atoms with van der Waals surface area (Å²) in [6.45, 7) is 10.2. The molecule has 1 saturated heterocycles. The van der Waals surface area contributed by atoms with E-state index in [0.29, 0.717) is 11.0 Å². The molecule has 2 nitrogen and oxygen atoms in total. The molecule has 0 amide bonds. The second kappa shape index (κ2) is 5.44. The van der Waals surface area contributed by atoms with Crippen molar-refractivity contribution < 1.29 is 0 Å². The van der Waals surface area contributed by atoms with Crippen LogP contribution in [-0.2, 0) is 0 Å². The van der Waals surface area contributed by atoms with E-state index in [0.717, 1.165) is 12.5 Å². The second-order valence-electron chi connectivity index (χ2n) is 7.02. The molecule has 104 valence electrons. The van der Waals surface area contributed by atoms with E-state index in [1.165, 1.54) is 43.0 Å². The SMILES string of the molecule is CCC(C)(C)CN=C1NC2(CCC(C)CC2)CS1. The minimum atomic E-state index is 0.339. The lowest BCUT2D eigenvalue weighted by Crippen LogP contribution is -2.46. The molecule has 0 unspecified atom stereocenters. The lowest BCUT2D eigenvalue weighted by Gasteiger charge is -2.35. The summed E-state index contributed by atoms with van der Waals surface area (Å²) >= 11 is 1.94. The van der Waals surface area contributed by atoms with Crippen molar-refractivity contribution in [3.05, 3.63) is 0 Å². The highest BCUT2D eigenvalue weighted by molar-refractivity contribution is 8.14. The van der Waals surface area contributed by atoms with Gasteiger partial charge in [0.25, 0.3) is 0 Å². The Hall–Kier alpha value is -0.180. The van der Waals surface area contributed by atoms with Crippen LogP contribution in [-0.4, -0.2) is 23.0 Å². The van der Waals surface area contributed by atoms with Crippen LogP contribution in [0.5, 0.6) is 0 Å².